The minimum atomic E-state index is 0.583. The molecular formula is C15H27BrN2S. The summed E-state index contributed by atoms with van der Waals surface area (Å²) < 4.78 is 1.19. The third-order valence-electron chi connectivity index (χ3n) is 3.27. The van der Waals surface area contributed by atoms with E-state index in [-0.39, 0.29) is 0 Å². The van der Waals surface area contributed by atoms with Crippen molar-refractivity contribution in [3.05, 3.63) is 20.8 Å². The van der Waals surface area contributed by atoms with E-state index in [9.17, 15) is 0 Å². The summed E-state index contributed by atoms with van der Waals surface area (Å²) in [5, 5.41) is 5.75. The van der Waals surface area contributed by atoms with E-state index in [1.54, 1.807) is 0 Å². The summed E-state index contributed by atoms with van der Waals surface area (Å²) in [6, 6.07) is 2.81. The standard InChI is InChI=1S/C15H27BrN2S/c1-11(2)7-17-8-15(12(3)4)18(5)9-14-6-13(16)10-19-14/h6,10-12,15,17H,7-9H2,1-5H3. The lowest BCUT2D eigenvalue weighted by atomic mass is 10.0. The highest BCUT2D eigenvalue weighted by Gasteiger charge is 2.19. The SMILES string of the molecule is CC(C)CNCC(C(C)C)N(C)Cc1cc(Br)cs1. The third-order valence-corrected chi connectivity index (χ3v) is 4.95. The van der Waals surface area contributed by atoms with Crippen molar-refractivity contribution in [1.82, 2.24) is 10.2 Å². The van der Waals surface area contributed by atoms with E-state index in [1.807, 2.05) is 11.3 Å². The molecule has 0 aliphatic heterocycles. The maximum absolute atomic E-state index is 3.59. The van der Waals surface area contributed by atoms with E-state index in [2.05, 4.69) is 72.3 Å². The van der Waals surface area contributed by atoms with Crippen LogP contribution in [0.2, 0.25) is 0 Å². The molecule has 1 N–H and O–H groups in total. The highest BCUT2D eigenvalue weighted by Crippen LogP contribution is 2.22. The van der Waals surface area contributed by atoms with Crippen molar-refractivity contribution in [2.75, 3.05) is 20.1 Å². The first-order valence-electron chi connectivity index (χ1n) is 7.04. The van der Waals surface area contributed by atoms with Crippen molar-refractivity contribution in [3.8, 4) is 0 Å². The Labute approximate surface area is 130 Å². The molecule has 2 nitrogen and oxygen atoms in total. The summed E-state index contributed by atoms with van der Waals surface area (Å²) in [6.07, 6.45) is 0. The highest BCUT2D eigenvalue weighted by molar-refractivity contribution is 9.10. The van der Waals surface area contributed by atoms with E-state index in [0.717, 1.165) is 19.6 Å². The van der Waals surface area contributed by atoms with E-state index in [4.69, 9.17) is 0 Å². The second kappa shape index (κ2) is 8.40. The van der Waals surface area contributed by atoms with Gasteiger partial charge in [0.15, 0.2) is 0 Å². The molecule has 0 bridgehead atoms. The topological polar surface area (TPSA) is 15.3 Å². The van der Waals surface area contributed by atoms with Crippen LogP contribution < -0.4 is 5.32 Å². The third kappa shape index (κ3) is 6.39. The van der Waals surface area contributed by atoms with Crippen LogP contribution in [-0.4, -0.2) is 31.1 Å². The molecule has 0 aliphatic rings. The Morgan fingerprint density at radius 2 is 1.95 bits per heavy atom. The number of hydrogen-bond acceptors (Lipinski definition) is 3. The van der Waals surface area contributed by atoms with Crippen molar-refractivity contribution in [3.63, 3.8) is 0 Å². The zero-order chi connectivity index (χ0) is 14.4. The van der Waals surface area contributed by atoms with Gasteiger partial charge in [0.2, 0.25) is 0 Å². The van der Waals surface area contributed by atoms with Crippen LogP contribution in [0, 0.1) is 11.8 Å². The van der Waals surface area contributed by atoms with Crippen LogP contribution in [-0.2, 0) is 6.54 Å². The van der Waals surface area contributed by atoms with E-state index >= 15 is 0 Å². The summed E-state index contributed by atoms with van der Waals surface area (Å²) in [5.41, 5.74) is 0. The first kappa shape index (κ1) is 17.2. The zero-order valence-electron chi connectivity index (χ0n) is 12.7. The lowest BCUT2D eigenvalue weighted by Crippen LogP contribution is -2.43. The van der Waals surface area contributed by atoms with Crippen molar-refractivity contribution < 1.29 is 0 Å². The van der Waals surface area contributed by atoms with Gasteiger partial charge in [0.1, 0.15) is 0 Å². The Bertz CT molecular complexity index is 363. The molecule has 1 aromatic rings. The van der Waals surface area contributed by atoms with Crippen LogP contribution in [0.15, 0.2) is 15.9 Å². The van der Waals surface area contributed by atoms with E-state index < -0.39 is 0 Å². The van der Waals surface area contributed by atoms with Crippen LogP contribution in [0.4, 0.5) is 0 Å². The van der Waals surface area contributed by atoms with Crippen molar-refractivity contribution in [1.29, 1.82) is 0 Å². The normalized spacial score (nSPS) is 13.7. The maximum Gasteiger partial charge on any atom is 0.0328 e. The van der Waals surface area contributed by atoms with Gasteiger partial charge in [-0.1, -0.05) is 27.7 Å². The number of thiophene rings is 1. The van der Waals surface area contributed by atoms with Gasteiger partial charge in [0.05, 0.1) is 0 Å². The number of rotatable bonds is 8. The number of nitrogens with zero attached hydrogens (tertiary/aromatic N) is 1. The minimum Gasteiger partial charge on any atom is -0.315 e. The lowest BCUT2D eigenvalue weighted by Gasteiger charge is -2.31. The first-order valence-corrected chi connectivity index (χ1v) is 8.71. The molecule has 0 aromatic carbocycles. The number of likely N-dealkylation sites (N-methyl/N-ethyl adjacent to an activating group) is 1. The Hall–Kier alpha value is 0.1000. The second-order valence-electron chi connectivity index (χ2n) is 6.01. The smallest absolute Gasteiger partial charge is 0.0328 e. The van der Waals surface area contributed by atoms with Crippen molar-refractivity contribution in [2.24, 2.45) is 11.8 Å². The van der Waals surface area contributed by atoms with Crippen LogP contribution in [0.25, 0.3) is 0 Å². The van der Waals surface area contributed by atoms with Gasteiger partial charge < -0.3 is 5.32 Å². The Balaban J connectivity index is 2.50. The summed E-state index contributed by atoms with van der Waals surface area (Å²) in [7, 11) is 2.23. The molecule has 0 amide bonds. The molecule has 19 heavy (non-hydrogen) atoms. The minimum absolute atomic E-state index is 0.583. The average Bonchev–Trinajstić information content (AvgIpc) is 2.69. The molecule has 0 spiro atoms. The van der Waals surface area contributed by atoms with Crippen LogP contribution in [0.3, 0.4) is 0 Å². The first-order chi connectivity index (χ1) is 8.90. The number of halogens is 1. The van der Waals surface area contributed by atoms with E-state index in [0.29, 0.717) is 17.9 Å². The van der Waals surface area contributed by atoms with Gasteiger partial charge in [0.25, 0.3) is 0 Å². The summed E-state index contributed by atoms with van der Waals surface area (Å²) in [6.45, 7) is 12.3. The summed E-state index contributed by atoms with van der Waals surface area (Å²) in [4.78, 5) is 3.89. The van der Waals surface area contributed by atoms with Crippen LogP contribution in [0.5, 0.6) is 0 Å². The number of nitrogens with one attached hydrogen (secondary N) is 1. The molecule has 0 radical (unpaired) electrons. The molecule has 0 aliphatic carbocycles. The molecule has 4 heteroatoms. The zero-order valence-corrected chi connectivity index (χ0v) is 15.1. The summed E-state index contributed by atoms with van der Waals surface area (Å²) in [5.74, 6) is 1.37. The van der Waals surface area contributed by atoms with Gasteiger partial charge >= 0.3 is 0 Å². The molecule has 1 atom stereocenters. The number of hydrogen-bond donors (Lipinski definition) is 1. The van der Waals surface area contributed by atoms with E-state index in [1.165, 1.54) is 9.35 Å². The molecule has 0 saturated carbocycles. The molecule has 110 valence electrons. The predicted octanol–water partition coefficient (Wildman–Crippen LogP) is 4.21. The summed E-state index contributed by atoms with van der Waals surface area (Å²) >= 11 is 5.35. The molecule has 1 heterocycles. The van der Waals surface area contributed by atoms with Gasteiger partial charge in [0, 0.05) is 33.9 Å². The average molecular weight is 347 g/mol. The van der Waals surface area contributed by atoms with Gasteiger partial charge in [-0.25, -0.2) is 0 Å². The van der Waals surface area contributed by atoms with Crippen LogP contribution in [0.1, 0.15) is 32.6 Å². The Kier molecular flexibility index (Phi) is 7.58. The van der Waals surface area contributed by atoms with Crippen molar-refractivity contribution >= 4 is 27.3 Å². The molecule has 0 fully saturated rings. The van der Waals surface area contributed by atoms with Gasteiger partial charge in [-0.3, -0.25) is 4.90 Å². The fraction of sp³-hybridized carbons (Fsp3) is 0.733. The molecule has 1 rings (SSSR count). The molecule has 0 saturated heterocycles. The monoisotopic (exact) mass is 346 g/mol. The fourth-order valence-electron chi connectivity index (χ4n) is 2.22. The Morgan fingerprint density at radius 1 is 1.26 bits per heavy atom. The van der Waals surface area contributed by atoms with Crippen molar-refractivity contribution in [2.45, 2.75) is 40.3 Å². The molecule has 1 aromatic heterocycles. The molecule has 1 unspecified atom stereocenters. The maximum atomic E-state index is 3.59. The second-order valence-corrected chi connectivity index (χ2v) is 7.92. The largest absolute Gasteiger partial charge is 0.315 e. The van der Waals surface area contributed by atoms with Gasteiger partial charge in [-0.15, -0.1) is 11.3 Å². The molecular weight excluding hydrogens is 320 g/mol. The van der Waals surface area contributed by atoms with Gasteiger partial charge in [-0.2, -0.15) is 0 Å². The quantitative estimate of drug-likeness (QED) is 0.758. The highest BCUT2D eigenvalue weighted by atomic mass is 79.9. The lowest BCUT2D eigenvalue weighted by molar-refractivity contribution is 0.180. The van der Waals surface area contributed by atoms with Gasteiger partial charge in [-0.05, 0) is 47.4 Å². The Morgan fingerprint density at radius 3 is 2.42 bits per heavy atom. The predicted molar refractivity (Wildman–Crippen MR) is 89.8 cm³/mol. The van der Waals surface area contributed by atoms with Crippen LogP contribution >= 0.6 is 27.3 Å². The fourth-order valence-corrected chi connectivity index (χ4v) is 3.73.